The molecule has 0 spiro atoms. The molecule has 3 aromatic rings. The number of carboxylic acid groups (broad SMARTS) is 1. The molecule has 5 nitrogen and oxygen atoms in total. The topological polar surface area (TPSA) is 82.2 Å². The number of anilines is 1. The van der Waals surface area contributed by atoms with Gasteiger partial charge in [0.05, 0.1) is 5.69 Å². The number of aromatic carboxylic acids is 1. The molecule has 1 amide bonds. The molecule has 0 saturated heterocycles. The number of aromatic nitrogens is 1. The van der Waals surface area contributed by atoms with Gasteiger partial charge in [-0.1, -0.05) is 46.3 Å². The first-order chi connectivity index (χ1) is 12.0. The van der Waals surface area contributed by atoms with E-state index >= 15 is 0 Å². The van der Waals surface area contributed by atoms with Crippen molar-refractivity contribution in [2.75, 3.05) is 5.32 Å². The van der Waals surface area contributed by atoms with Gasteiger partial charge in [-0.05, 0) is 36.1 Å². The van der Waals surface area contributed by atoms with Gasteiger partial charge < -0.3 is 15.4 Å². The Morgan fingerprint density at radius 1 is 1.16 bits per heavy atom. The molecular weight excluding hydrogens is 384 g/mol. The highest BCUT2D eigenvalue weighted by Crippen LogP contribution is 2.48. The van der Waals surface area contributed by atoms with Crippen molar-refractivity contribution in [3.63, 3.8) is 0 Å². The minimum atomic E-state index is -1.10. The summed E-state index contributed by atoms with van der Waals surface area (Å²) in [5.41, 5.74) is 2.14. The molecule has 0 radical (unpaired) electrons. The van der Waals surface area contributed by atoms with Crippen molar-refractivity contribution in [3.8, 4) is 0 Å². The molecule has 126 valence electrons. The van der Waals surface area contributed by atoms with Gasteiger partial charge in [0, 0.05) is 21.3 Å². The summed E-state index contributed by atoms with van der Waals surface area (Å²) in [4.78, 5) is 27.0. The van der Waals surface area contributed by atoms with Crippen LogP contribution in [-0.2, 0) is 4.79 Å². The second-order valence-corrected chi connectivity index (χ2v) is 7.13. The van der Waals surface area contributed by atoms with Crippen LogP contribution in [0, 0.1) is 5.92 Å². The van der Waals surface area contributed by atoms with E-state index in [1.165, 1.54) is 0 Å². The number of halogens is 1. The van der Waals surface area contributed by atoms with E-state index in [4.69, 9.17) is 0 Å². The van der Waals surface area contributed by atoms with Crippen molar-refractivity contribution in [1.82, 2.24) is 4.98 Å². The quantitative estimate of drug-likeness (QED) is 0.609. The normalized spacial score (nSPS) is 18.9. The Hall–Kier alpha value is -2.60. The van der Waals surface area contributed by atoms with Crippen molar-refractivity contribution in [2.24, 2.45) is 5.92 Å². The SMILES string of the molecule is O=C(O)c1[nH]c2ccc(Br)cc2c1NC(=O)C1CC1c1ccccc1. The fourth-order valence-corrected chi connectivity index (χ4v) is 3.58. The van der Waals surface area contributed by atoms with Crippen molar-refractivity contribution in [3.05, 3.63) is 64.3 Å². The number of benzene rings is 2. The van der Waals surface area contributed by atoms with Crippen LogP contribution in [0.15, 0.2) is 53.0 Å². The van der Waals surface area contributed by atoms with E-state index in [1.54, 1.807) is 12.1 Å². The molecule has 1 heterocycles. The highest BCUT2D eigenvalue weighted by molar-refractivity contribution is 9.10. The Kier molecular flexibility index (Phi) is 3.84. The van der Waals surface area contributed by atoms with Gasteiger partial charge in [-0.15, -0.1) is 0 Å². The Morgan fingerprint density at radius 2 is 1.92 bits per heavy atom. The van der Waals surface area contributed by atoms with E-state index < -0.39 is 5.97 Å². The molecule has 1 aliphatic rings. The number of nitrogens with one attached hydrogen (secondary N) is 2. The lowest BCUT2D eigenvalue weighted by Crippen LogP contribution is -2.16. The fourth-order valence-electron chi connectivity index (χ4n) is 3.22. The standard InChI is InChI=1S/C19H15BrN2O3/c20-11-6-7-15-14(8-11)16(17(21-15)19(24)25)22-18(23)13-9-12(13)10-4-2-1-3-5-10/h1-8,12-13,21H,9H2,(H,22,23)(H,24,25). The van der Waals surface area contributed by atoms with Gasteiger partial charge in [0.1, 0.15) is 5.69 Å². The predicted octanol–water partition coefficient (Wildman–Crippen LogP) is 4.37. The van der Waals surface area contributed by atoms with Crippen LogP contribution in [0.3, 0.4) is 0 Å². The maximum Gasteiger partial charge on any atom is 0.354 e. The molecule has 1 saturated carbocycles. The lowest BCUT2D eigenvalue weighted by molar-refractivity contribution is -0.117. The minimum absolute atomic E-state index is 0.00152. The Morgan fingerprint density at radius 3 is 2.64 bits per heavy atom. The largest absolute Gasteiger partial charge is 0.477 e. The zero-order valence-electron chi connectivity index (χ0n) is 13.1. The first kappa shape index (κ1) is 15.9. The summed E-state index contributed by atoms with van der Waals surface area (Å²) >= 11 is 3.39. The van der Waals surface area contributed by atoms with E-state index in [0.29, 0.717) is 16.6 Å². The molecule has 4 rings (SSSR count). The third-order valence-corrected chi connectivity index (χ3v) is 5.07. The zero-order valence-corrected chi connectivity index (χ0v) is 14.7. The first-order valence-electron chi connectivity index (χ1n) is 7.95. The zero-order chi connectivity index (χ0) is 17.6. The lowest BCUT2D eigenvalue weighted by Gasteiger charge is -2.06. The van der Waals surface area contributed by atoms with Crippen molar-refractivity contribution < 1.29 is 14.7 Å². The number of H-pyrrole nitrogens is 1. The highest BCUT2D eigenvalue weighted by Gasteiger charge is 2.44. The van der Waals surface area contributed by atoms with E-state index in [0.717, 1.165) is 16.5 Å². The fraction of sp³-hybridized carbons (Fsp3) is 0.158. The molecule has 3 N–H and O–H groups in total. The average molecular weight is 399 g/mol. The number of carboxylic acids is 1. The van der Waals surface area contributed by atoms with E-state index in [9.17, 15) is 14.7 Å². The van der Waals surface area contributed by atoms with Gasteiger partial charge >= 0.3 is 5.97 Å². The third-order valence-electron chi connectivity index (χ3n) is 4.58. The van der Waals surface area contributed by atoms with Crippen LogP contribution < -0.4 is 5.32 Å². The number of aromatic amines is 1. The van der Waals surface area contributed by atoms with Gasteiger partial charge in [0.2, 0.25) is 5.91 Å². The van der Waals surface area contributed by atoms with Gasteiger partial charge in [0.15, 0.2) is 0 Å². The average Bonchev–Trinajstić information content (AvgIpc) is 3.33. The number of carbonyl (C=O) groups excluding carboxylic acids is 1. The predicted molar refractivity (Wildman–Crippen MR) is 98.9 cm³/mol. The van der Waals surface area contributed by atoms with Crippen LogP contribution in [0.4, 0.5) is 5.69 Å². The molecule has 1 fully saturated rings. The van der Waals surface area contributed by atoms with Crippen LogP contribution in [0.2, 0.25) is 0 Å². The molecule has 2 aromatic carbocycles. The minimum Gasteiger partial charge on any atom is -0.477 e. The van der Waals surface area contributed by atoms with E-state index in [-0.39, 0.29) is 23.4 Å². The summed E-state index contributed by atoms with van der Waals surface area (Å²) in [6.45, 7) is 0. The van der Waals surface area contributed by atoms with Crippen molar-refractivity contribution in [2.45, 2.75) is 12.3 Å². The smallest absolute Gasteiger partial charge is 0.354 e. The number of hydrogen-bond acceptors (Lipinski definition) is 2. The molecule has 1 aromatic heterocycles. The maximum absolute atomic E-state index is 12.6. The number of rotatable bonds is 4. The summed E-state index contributed by atoms with van der Waals surface area (Å²) in [7, 11) is 0. The Labute approximate surface area is 152 Å². The molecule has 1 aliphatic carbocycles. The van der Waals surface area contributed by atoms with Gasteiger partial charge in [-0.3, -0.25) is 4.79 Å². The molecule has 6 heteroatoms. The molecular formula is C19H15BrN2O3. The molecule has 2 unspecified atom stereocenters. The summed E-state index contributed by atoms with van der Waals surface area (Å²) in [6.07, 6.45) is 0.782. The van der Waals surface area contributed by atoms with Gasteiger partial charge in [0.25, 0.3) is 0 Å². The summed E-state index contributed by atoms with van der Waals surface area (Å²) in [5, 5.41) is 12.9. The summed E-state index contributed by atoms with van der Waals surface area (Å²) in [5.74, 6) is -1.16. The van der Waals surface area contributed by atoms with Crippen LogP contribution in [0.5, 0.6) is 0 Å². The lowest BCUT2D eigenvalue weighted by atomic mass is 10.1. The van der Waals surface area contributed by atoms with E-state index in [1.807, 2.05) is 36.4 Å². The van der Waals surface area contributed by atoms with Crippen LogP contribution in [0.25, 0.3) is 10.9 Å². The number of carbonyl (C=O) groups is 2. The molecule has 2 atom stereocenters. The van der Waals surface area contributed by atoms with Crippen molar-refractivity contribution in [1.29, 1.82) is 0 Å². The second-order valence-electron chi connectivity index (χ2n) is 6.22. The Balaban J connectivity index is 1.62. The third kappa shape index (κ3) is 2.93. The summed E-state index contributed by atoms with van der Waals surface area (Å²) in [6, 6.07) is 15.3. The van der Waals surface area contributed by atoms with Crippen LogP contribution >= 0.6 is 15.9 Å². The van der Waals surface area contributed by atoms with Crippen LogP contribution in [-0.4, -0.2) is 22.0 Å². The Bertz CT molecular complexity index is 981. The highest BCUT2D eigenvalue weighted by atomic mass is 79.9. The number of hydrogen-bond donors (Lipinski definition) is 3. The summed E-state index contributed by atoms with van der Waals surface area (Å²) < 4.78 is 0.819. The van der Waals surface area contributed by atoms with Gasteiger partial charge in [-0.2, -0.15) is 0 Å². The molecule has 0 bridgehead atoms. The monoisotopic (exact) mass is 398 g/mol. The second kappa shape index (κ2) is 6.04. The van der Waals surface area contributed by atoms with Crippen molar-refractivity contribution >= 4 is 44.4 Å². The number of amides is 1. The van der Waals surface area contributed by atoms with Crippen LogP contribution in [0.1, 0.15) is 28.4 Å². The maximum atomic E-state index is 12.6. The molecule has 25 heavy (non-hydrogen) atoms. The van der Waals surface area contributed by atoms with Gasteiger partial charge in [-0.25, -0.2) is 4.79 Å². The first-order valence-corrected chi connectivity index (χ1v) is 8.74. The van der Waals surface area contributed by atoms with E-state index in [2.05, 4.69) is 26.2 Å². The number of fused-ring (bicyclic) bond motifs is 1. The molecule has 0 aliphatic heterocycles.